The first kappa shape index (κ1) is 12.4. The number of nitrogens with two attached hydrogens (primary N) is 1. The zero-order valence-electron chi connectivity index (χ0n) is 10.1. The number of nitrogens with one attached hydrogen (secondary N) is 1. The highest BCUT2D eigenvalue weighted by atomic mass is 16.4. The zero-order chi connectivity index (χ0) is 13.1. The van der Waals surface area contributed by atoms with E-state index in [9.17, 15) is 4.79 Å². The second kappa shape index (κ2) is 5.05. The Morgan fingerprint density at radius 3 is 3.11 bits per heavy atom. The van der Waals surface area contributed by atoms with Gasteiger partial charge in [-0.25, -0.2) is 4.98 Å². The van der Waals surface area contributed by atoms with Crippen molar-refractivity contribution < 1.29 is 9.90 Å². The van der Waals surface area contributed by atoms with Gasteiger partial charge in [0.2, 0.25) is 0 Å². The Labute approximate surface area is 104 Å². The predicted molar refractivity (Wildman–Crippen MR) is 69.6 cm³/mol. The Hall–Kier alpha value is -2.08. The summed E-state index contributed by atoms with van der Waals surface area (Å²) in [5, 5.41) is 8.72. The van der Waals surface area contributed by atoms with Gasteiger partial charge in [0.05, 0.1) is 17.4 Å². The lowest BCUT2D eigenvalue weighted by Gasteiger charge is -2.20. The van der Waals surface area contributed by atoms with Crippen LogP contribution in [0.15, 0.2) is 24.5 Å². The first-order valence-corrected chi connectivity index (χ1v) is 5.70. The first-order valence-electron chi connectivity index (χ1n) is 5.70. The van der Waals surface area contributed by atoms with E-state index in [1.165, 1.54) is 0 Å². The van der Waals surface area contributed by atoms with E-state index < -0.39 is 12.0 Å². The average Bonchev–Trinajstić information content (AvgIpc) is 2.82. The number of rotatable bonds is 5. The first-order chi connectivity index (χ1) is 8.58. The maximum absolute atomic E-state index is 10.6. The number of H-pyrrole nitrogens is 1. The van der Waals surface area contributed by atoms with Gasteiger partial charge in [-0.05, 0) is 24.6 Å². The van der Waals surface area contributed by atoms with E-state index >= 15 is 0 Å². The Kier molecular flexibility index (Phi) is 3.47. The van der Waals surface area contributed by atoms with Crippen LogP contribution < -0.4 is 10.6 Å². The molecule has 0 aliphatic rings. The van der Waals surface area contributed by atoms with Crippen molar-refractivity contribution in [1.29, 1.82) is 0 Å². The number of hydrogen-bond acceptors (Lipinski definition) is 4. The van der Waals surface area contributed by atoms with Crippen LogP contribution in [0.25, 0.3) is 11.0 Å². The molecule has 0 aliphatic carbocycles. The highest BCUT2D eigenvalue weighted by Crippen LogP contribution is 2.18. The van der Waals surface area contributed by atoms with Crippen molar-refractivity contribution in [1.82, 2.24) is 9.97 Å². The van der Waals surface area contributed by atoms with Gasteiger partial charge >= 0.3 is 5.97 Å². The number of nitrogens with zero attached hydrogens (tertiary/aromatic N) is 2. The van der Waals surface area contributed by atoms with E-state index in [0.29, 0.717) is 13.0 Å². The van der Waals surface area contributed by atoms with Crippen molar-refractivity contribution in [3.63, 3.8) is 0 Å². The van der Waals surface area contributed by atoms with Gasteiger partial charge in [0.1, 0.15) is 6.04 Å². The third kappa shape index (κ3) is 2.60. The van der Waals surface area contributed by atoms with Crippen LogP contribution in [0.4, 0.5) is 5.69 Å². The maximum atomic E-state index is 10.6. The fraction of sp³-hybridized carbons (Fsp3) is 0.333. The number of carboxylic acids is 1. The third-order valence-electron chi connectivity index (χ3n) is 2.94. The van der Waals surface area contributed by atoms with Crippen LogP contribution >= 0.6 is 0 Å². The Morgan fingerprint density at radius 2 is 2.39 bits per heavy atom. The predicted octanol–water partition coefficient (Wildman–Crippen LogP) is 0.801. The molecule has 2 rings (SSSR count). The van der Waals surface area contributed by atoms with Crippen molar-refractivity contribution in [3.05, 3.63) is 24.5 Å². The van der Waals surface area contributed by atoms with Gasteiger partial charge in [-0.3, -0.25) is 4.79 Å². The van der Waals surface area contributed by atoms with E-state index in [1.54, 1.807) is 6.33 Å². The quantitative estimate of drug-likeness (QED) is 0.727. The summed E-state index contributed by atoms with van der Waals surface area (Å²) in [6.07, 6.45) is 2.06. The highest BCUT2D eigenvalue weighted by Gasteiger charge is 2.12. The molecule has 4 N–H and O–H groups in total. The summed E-state index contributed by atoms with van der Waals surface area (Å²) in [5.74, 6) is -0.965. The molecule has 1 unspecified atom stereocenters. The summed E-state index contributed by atoms with van der Waals surface area (Å²) < 4.78 is 0. The van der Waals surface area contributed by atoms with Crippen LogP contribution in [-0.2, 0) is 4.79 Å². The Morgan fingerprint density at radius 1 is 1.61 bits per heavy atom. The number of benzene rings is 1. The smallest absolute Gasteiger partial charge is 0.320 e. The minimum absolute atomic E-state index is 0.410. The van der Waals surface area contributed by atoms with E-state index in [-0.39, 0.29) is 0 Å². The zero-order valence-corrected chi connectivity index (χ0v) is 10.1. The molecule has 0 amide bonds. The van der Waals surface area contributed by atoms with Crippen molar-refractivity contribution in [2.45, 2.75) is 12.5 Å². The summed E-state index contributed by atoms with van der Waals surface area (Å²) >= 11 is 0. The van der Waals surface area contributed by atoms with Crippen LogP contribution in [0.2, 0.25) is 0 Å². The number of fused-ring (bicyclic) bond motifs is 1. The molecule has 0 saturated heterocycles. The van der Waals surface area contributed by atoms with Crippen molar-refractivity contribution >= 4 is 22.7 Å². The molecule has 1 heterocycles. The monoisotopic (exact) mass is 248 g/mol. The number of carboxylic acid groups (broad SMARTS) is 1. The molecule has 1 atom stereocenters. The minimum Gasteiger partial charge on any atom is -0.480 e. The molecule has 0 saturated carbocycles. The number of hydrogen-bond donors (Lipinski definition) is 3. The average molecular weight is 248 g/mol. The van der Waals surface area contributed by atoms with Gasteiger partial charge in [-0.15, -0.1) is 0 Å². The van der Waals surface area contributed by atoms with Crippen molar-refractivity contribution in [3.8, 4) is 0 Å². The minimum atomic E-state index is -0.965. The molecule has 18 heavy (non-hydrogen) atoms. The van der Waals surface area contributed by atoms with Gasteiger partial charge in [-0.2, -0.15) is 0 Å². The summed E-state index contributed by atoms with van der Waals surface area (Å²) in [4.78, 5) is 19.8. The maximum Gasteiger partial charge on any atom is 0.320 e. The number of aliphatic carboxylic acids is 1. The van der Waals surface area contributed by atoms with Crippen molar-refractivity contribution in [2.75, 3.05) is 18.5 Å². The second-order valence-corrected chi connectivity index (χ2v) is 4.26. The molecule has 0 bridgehead atoms. The Balaban J connectivity index is 2.03. The van der Waals surface area contributed by atoms with E-state index in [0.717, 1.165) is 16.7 Å². The standard InChI is InChI=1S/C12H16N4O2/c1-16(5-4-9(13)12(17)18)8-2-3-10-11(6-8)15-7-14-10/h2-3,6-7,9H,4-5,13H2,1H3,(H,14,15)(H,17,18). The lowest BCUT2D eigenvalue weighted by atomic mass is 10.2. The largest absolute Gasteiger partial charge is 0.480 e. The molecule has 0 radical (unpaired) electrons. The molecular weight excluding hydrogens is 232 g/mol. The number of aromatic amines is 1. The molecule has 0 aliphatic heterocycles. The molecular formula is C12H16N4O2. The number of carbonyl (C=O) groups is 1. The highest BCUT2D eigenvalue weighted by molar-refractivity contribution is 5.79. The van der Waals surface area contributed by atoms with Gasteiger partial charge < -0.3 is 20.7 Å². The fourth-order valence-electron chi connectivity index (χ4n) is 1.75. The lowest BCUT2D eigenvalue weighted by molar-refractivity contribution is -0.138. The van der Waals surface area contributed by atoms with Crippen LogP contribution in [0.5, 0.6) is 0 Å². The van der Waals surface area contributed by atoms with Crippen LogP contribution in [0.3, 0.4) is 0 Å². The number of aromatic nitrogens is 2. The molecule has 1 aromatic heterocycles. The summed E-state index contributed by atoms with van der Waals surface area (Å²) in [6.45, 7) is 0.590. The molecule has 96 valence electrons. The van der Waals surface area contributed by atoms with E-state index in [2.05, 4.69) is 9.97 Å². The Bertz CT molecular complexity index is 552. The summed E-state index contributed by atoms with van der Waals surface area (Å²) in [7, 11) is 1.91. The van der Waals surface area contributed by atoms with Crippen molar-refractivity contribution in [2.24, 2.45) is 5.73 Å². The molecule has 0 spiro atoms. The van der Waals surface area contributed by atoms with E-state index in [4.69, 9.17) is 10.8 Å². The summed E-state index contributed by atoms with van der Waals surface area (Å²) in [5.41, 5.74) is 8.35. The van der Waals surface area contributed by atoms with Crippen LogP contribution in [0, 0.1) is 0 Å². The molecule has 6 nitrogen and oxygen atoms in total. The second-order valence-electron chi connectivity index (χ2n) is 4.26. The van der Waals surface area contributed by atoms with Crippen LogP contribution in [0.1, 0.15) is 6.42 Å². The lowest BCUT2D eigenvalue weighted by Crippen LogP contribution is -2.34. The van der Waals surface area contributed by atoms with Gasteiger partial charge in [0, 0.05) is 19.3 Å². The van der Waals surface area contributed by atoms with Gasteiger partial charge in [0.15, 0.2) is 0 Å². The normalized spacial score (nSPS) is 12.6. The van der Waals surface area contributed by atoms with Gasteiger partial charge in [0.25, 0.3) is 0 Å². The third-order valence-corrected chi connectivity index (χ3v) is 2.94. The van der Waals surface area contributed by atoms with Gasteiger partial charge in [-0.1, -0.05) is 0 Å². The molecule has 6 heteroatoms. The summed E-state index contributed by atoms with van der Waals surface area (Å²) in [6, 6.07) is 5.04. The van der Waals surface area contributed by atoms with E-state index in [1.807, 2.05) is 30.1 Å². The number of anilines is 1. The molecule has 0 fully saturated rings. The fourth-order valence-corrected chi connectivity index (χ4v) is 1.75. The molecule has 1 aromatic carbocycles. The van der Waals surface area contributed by atoms with Crippen LogP contribution in [-0.4, -0.2) is 40.7 Å². The SMILES string of the molecule is CN(CCC(N)C(=O)O)c1ccc2nc[nH]c2c1. The number of imidazole rings is 1. The topological polar surface area (TPSA) is 95.2 Å². The molecule has 2 aromatic rings.